The van der Waals surface area contributed by atoms with Crippen LogP contribution in [0.4, 0.5) is 0 Å². The summed E-state index contributed by atoms with van der Waals surface area (Å²) >= 11 is 3.43. The topological polar surface area (TPSA) is 52.0 Å². The summed E-state index contributed by atoms with van der Waals surface area (Å²) in [5, 5.41) is 11.5. The molecule has 0 bridgehead atoms. The van der Waals surface area contributed by atoms with Crippen molar-refractivity contribution in [3.8, 4) is 0 Å². The van der Waals surface area contributed by atoms with Gasteiger partial charge in [0.25, 0.3) is 0 Å². The molecule has 1 heterocycles. The average molecular weight is 305 g/mol. The molecule has 0 aliphatic rings. The van der Waals surface area contributed by atoms with Crippen molar-refractivity contribution in [2.45, 2.75) is 39.3 Å². The van der Waals surface area contributed by atoms with Gasteiger partial charge >= 0.3 is 0 Å². The van der Waals surface area contributed by atoms with E-state index in [0.29, 0.717) is 6.61 Å². The number of nitrogens with one attached hydrogen (secondary N) is 1. The molecule has 1 rings (SSSR count). The fraction of sp³-hybridized carbons (Fsp3) is 0.818. The van der Waals surface area contributed by atoms with Crippen LogP contribution in [-0.2, 0) is 11.8 Å². The summed E-state index contributed by atoms with van der Waals surface area (Å²) in [7, 11) is 1.89. The lowest BCUT2D eigenvalue weighted by atomic mass is 10.2. The van der Waals surface area contributed by atoms with Crippen molar-refractivity contribution in [3.63, 3.8) is 0 Å². The highest BCUT2D eigenvalue weighted by Gasteiger charge is 2.20. The highest BCUT2D eigenvalue weighted by molar-refractivity contribution is 9.10. The Balaban J connectivity index is 2.74. The Morgan fingerprint density at radius 1 is 1.47 bits per heavy atom. The van der Waals surface area contributed by atoms with Crippen LogP contribution in [0.5, 0.6) is 0 Å². The highest BCUT2D eigenvalue weighted by atomic mass is 79.9. The molecule has 1 aromatic rings. The van der Waals surface area contributed by atoms with Gasteiger partial charge in [-0.15, -0.1) is 5.10 Å². The maximum atomic E-state index is 5.68. The zero-order valence-electron chi connectivity index (χ0n) is 10.9. The van der Waals surface area contributed by atoms with Crippen molar-refractivity contribution in [3.05, 3.63) is 10.3 Å². The molecule has 98 valence electrons. The first-order chi connectivity index (χ1) is 8.06. The quantitative estimate of drug-likeness (QED) is 0.837. The second kappa shape index (κ2) is 7.08. The van der Waals surface area contributed by atoms with E-state index in [-0.39, 0.29) is 12.1 Å². The molecule has 6 heteroatoms. The van der Waals surface area contributed by atoms with Gasteiger partial charge in [-0.05, 0) is 42.7 Å². The first-order valence-electron chi connectivity index (χ1n) is 5.96. The zero-order chi connectivity index (χ0) is 12.8. The highest BCUT2D eigenvalue weighted by Crippen LogP contribution is 2.21. The van der Waals surface area contributed by atoms with Gasteiger partial charge in [-0.25, -0.2) is 4.68 Å². The Morgan fingerprint density at radius 3 is 2.65 bits per heavy atom. The lowest BCUT2D eigenvalue weighted by molar-refractivity contribution is 0.0594. The van der Waals surface area contributed by atoms with Crippen molar-refractivity contribution in [1.29, 1.82) is 0 Å². The van der Waals surface area contributed by atoms with Gasteiger partial charge < -0.3 is 10.1 Å². The van der Waals surface area contributed by atoms with E-state index in [4.69, 9.17) is 4.74 Å². The number of aromatic nitrogens is 3. The van der Waals surface area contributed by atoms with E-state index in [1.807, 2.05) is 20.9 Å². The van der Waals surface area contributed by atoms with E-state index < -0.39 is 0 Å². The van der Waals surface area contributed by atoms with Crippen molar-refractivity contribution >= 4 is 15.9 Å². The minimum atomic E-state index is 0.117. The second-order valence-electron chi connectivity index (χ2n) is 4.28. The standard InChI is InChI=1S/C11H21BrN4O/c1-5-6-13-9(7-17-8(2)3)10-11(12)14-15-16(10)4/h8-9,13H,5-7H2,1-4H3. The Labute approximate surface area is 111 Å². The van der Waals surface area contributed by atoms with Crippen LogP contribution >= 0.6 is 15.9 Å². The SMILES string of the molecule is CCCNC(COC(C)C)c1c(Br)nnn1C. The van der Waals surface area contributed by atoms with Crippen LogP contribution in [0.15, 0.2) is 4.60 Å². The Bertz CT molecular complexity index is 321. The van der Waals surface area contributed by atoms with Gasteiger partial charge in [0.2, 0.25) is 0 Å². The zero-order valence-corrected chi connectivity index (χ0v) is 12.5. The molecule has 0 radical (unpaired) electrons. The largest absolute Gasteiger partial charge is 0.377 e. The molecular formula is C11H21BrN4O. The van der Waals surface area contributed by atoms with Crippen molar-refractivity contribution < 1.29 is 4.74 Å². The Morgan fingerprint density at radius 2 is 2.18 bits per heavy atom. The first-order valence-corrected chi connectivity index (χ1v) is 6.75. The van der Waals surface area contributed by atoms with E-state index in [9.17, 15) is 0 Å². The third-order valence-corrected chi connectivity index (χ3v) is 2.96. The number of hydrogen-bond acceptors (Lipinski definition) is 4. The number of nitrogens with zero attached hydrogens (tertiary/aromatic N) is 3. The summed E-state index contributed by atoms with van der Waals surface area (Å²) in [5.41, 5.74) is 1.03. The lowest BCUT2D eigenvalue weighted by Gasteiger charge is -2.20. The summed E-state index contributed by atoms with van der Waals surface area (Å²) in [6, 6.07) is 0.117. The summed E-state index contributed by atoms with van der Waals surface area (Å²) in [6.45, 7) is 7.78. The van der Waals surface area contributed by atoms with Gasteiger partial charge in [-0.2, -0.15) is 0 Å². The molecular weight excluding hydrogens is 284 g/mol. The smallest absolute Gasteiger partial charge is 0.153 e. The van der Waals surface area contributed by atoms with Crippen LogP contribution in [0.2, 0.25) is 0 Å². The fourth-order valence-corrected chi connectivity index (χ4v) is 2.15. The van der Waals surface area contributed by atoms with Gasteiger partial charge in [0.1, 0.15) is 0 Å². The second-order valence-corrected chi connectivity index (χ2v) is 5.03. The lowest BCUT2D eigenvalue weighted by Crippen LogP contribution is -2.29. The summed E-state index contributed by atoms with van der Waals surface area (Å²) < 4.78 is 8.24. The molecule has 0 aliphatic carbocycles. The summed E-state index contributed by atoms with van der Waals surface area (Å²) in [6.07, 6.45) is 1.31. The number of halogens is 1. The number of aryl methyl sites for hydroxylation is 1. The Hall–Kier alpha value is -0.460. The maximum absolute atomic E-state index is 5.68. The van der Waals surface area contributed by atoms with Crippen molar-refractivity contribution in [2.75, 3.05) is 13.2 Å². The average Bonchev–Trinajstić information content (AvgIpc) is 2.60. The van der Waals surface area contributed by atoms with E-state index in [2.05, 4.69) is 38.5 Å². The van der Waals surface area contributed by atoms with E-state index in [1.54, 1.807) is 4.68 Å². The summed E-state index contributed by atoms with van der Waals surface area (Å²) in [4.78, 5) is 0. The van der Waals surface area contributed by atoms with Crippen LogP contribution in [0, 0.1) is 0 Å². The minimum Gasteiger partial charge on any atom is -0.377 e. The molecule has 0 aliphatic heterocycles. The number of hydrogen-bond donors (Lipinski definition) is 1. The maximum Gasteiger partial charge on any atom is 0.153 e. The van der Waals surface area contributed by atoms with Crippen LogP contribution in [-0.4, -0.2) is 34.2 Å². The predicted molar refractivity (Wildman–Crippen MR) is 70.8 cm³/mol. The molecule has 0 amide bonds. The van der Waals surface area contributed by atoms with Crippen molar-refractivity contribution in [2.24, 2.45) is 7.05 Å². The van der Waals surface area contributed by atoms with E-state index in [0.717, 1.165) is 23.3 Å². The normalized spacial score (nSPS) is 13.3. The first kappa shape index (κ1) is 14.6. The molecule has 1 atom stereocenters. The van der Waals surface area contributed by atoms with Crippen LogP contribution in [0.3, 0.4) is 0 Å². The van der Waals surface area contributed by atoms with Crippen LogP contribution < -0.4 is 5.32 Å². The molecule has 0 fully saturated rings. The fourth-order valence-electron chi connectivity index (χ4n) is 1.55. The van der Waals surface area contributed by atoms with Gasteiger partial charge in [0, 0.05) is 7.05 Å². The minimum absolute atomic E-state index is 0.117. The van der Waals surface area contributed by atoms with Gasteiger partial charge in [0.05, 0.1) is 24.4 Å². The molecule has 0 saturated carbocycles. The monoisotopic (exact) mass is 304 g/mol. The van der Waals surface area contributed by atoms with Gasteiger partial charge in [-0.3, -0.25) is 0 Å². The molecule has 1 unspecified atom stereocenters. The molecule has 1 aromatic heterocycles. The number of rotatable bonds is 7. The van der Waals surface area contributed by atoms with Crippen LogP contribution in [0.25, 0.3) is 0 Å². The molecule has 0 saturated heterocycles. The van der Waals surface area contributed by atoms with Gasteiger partial charge in [0.15, 0.2) is 4.60 Å². The molecule has 17 heavy (non-hydrogen) atoms. The molecule has 5 nitrogen and oxygen atoms in total. The third kappa shape index (κ3) is 4.37. The third-order valence-electron chi connectivity index (χ3n) is 2.39. The summed E-state index contributed by atoms with van der Waals surface area (Å²) in [5.74, 6) is 0. The molecule has 0 spiro atoms. The van der Waals surface area contributed by atoms with Crippen LogP contribution in [0.1, 0.15) is 38.9 Å². The van der Waals surface area contributed by atoms with E-state index in [1.165, 1.54) is 0 Å². The van der Waals surface area contributed by atoms with Gasteiger partial charge in [-0.1, -0.05) is 12.1 Å². The predicted octanol–water partition coefficient (Wildman–Crippen LogP) is 2.04. The molecule has 1 N–H and O–H groups in total. The van der Waals surface area contributed by atoms with E-state index >= 15 is 0 Å². The Kier molecular flexibility index (Phi) is 6.08. The number of ether oxygens (including phenoxy) is 1. The van der Waals surface area contributed by atoms with Crippen molar-refractivity contribution in [1.82, 2.24) is 20.3 Å². The molecule has 0 aromatic carbocycles.